The van der Waals surface area contributed by atoms with Crippen LogP contribution in [0.5, 0.6) is 11.6 Å². The molecule has 3 N–H and O–H groups in total. The van der Waals surface area contributed by atoms with Crippen LogP contribution < -0.4 is 19.3 Å². The zero-order valence-corrected chi connectivity index (χ0v) is 11.6. The number of fused-ring (bicyclic) bond motifs is 1. The van der Waals surface area contributed by atoms with Crippen molar-refractivity contribution >= 4 is 11.9 Å². The van der Waals surface area contributed by atoms with Gasteiger partial charge in [0, 0.05) is 6.07 Å². The molecule has 3 rings (SSSR count). The van der Waals surface area contributed by atoms with Crippen LogP contribution in [0.3, 0.4) is 0 Å². The lowest BCUT2D eigenvalue weighted by Gasteiger charge is -2.08. The van der Waals surface area contributed by atoms with Crippen LogP contribution >= 0.6 is 0 Å². The van der Waals surface area contributed by atoms with Crippen LogP contribution in [0.1, 0.15) is 11.1 Å². The highest BCUT2D eigenvalue weighted by Crippen LogP contribution is 2.20. The number of hydrogen-bond acceptors (Lipinski definition) is 3. The van der Waals surface area contributed by atoms with Crippen molar-refractivity contribution < 1.29 is 19.3 Å². The van der Waals surface area contributed by atoms with Crippen molar-refractivity contribution in [3.05, 3.63) is 54.1 Å². The molecule has 3 aromatic rings. The minimum absolute atomic E-state index is 0.416. The summed E-state index contributed by atoms with van der Waals surface area (Å²) in [6.45, 7) is 0.416. The van der Waals surface area contributed by atoms with Gasteiger partial charge in [-0.25, -0.2) is 14.4 Å². The first kappa shape index (κ1) is 13.1. The van der Waals surface area contributed by atoms with Crippen molar-refractivity contribution in [3.8, 4) is 11.6 Å². The molecule has 0 radical (unpaired) electrons. The topological polar surface area (TPSA) is 76.8 Å². The lowest BCUT2D eigenvalue weighted by Crippen LogP contribution is -2.30. The van der Waals surface area contributed by atoms with Crippen molar-refractivity contribution in [1.82, 2.24) is 9.97 Å². The summed E-state index contributed by atoms with van der Waals surface area (Å²) in [5, 5.41) is 5.62. The fourth-order valence-corrected chi connectivity index (χ4v) is 2.13. The second kappa shape index (κ2) is 5.62. The molecule has 0 aliphatic carbocycles. The van der Waals surface area contributed by atoms with Crippen LogP contribution in [0.2, 0.25) is 0 Å². The molecule has 0 spiro atoms. The Labute approximate surface area is 121 Å². The predicted octanol–water partition coefficient (Wildman–Crippen LogP) is -0.0860. The molecule has 21 heavy (non-hydrogen) atoms. The molecule has 3 aromatic heterocycles. The summed E-state index contributed by atoms with van der Waals surface area (Å²) < 4.78 is 12.9. The van der Waals surface area contributed by atoms with Crippen molar-refractivity contribution in [2.24, 2.45) is 0 Å². The van der Waals surface area contributed by atoms with Crippen LogP contribution in [0.4, 0.5) is 0 Å². The fourth-order valence-electron chi connectivity index (χ4n) is 2.13. The molecule has 0 aliphatic rings. The number of nitrogens with two attached hydrogens (primary N) is 1. The summed E-state index contributed by atoms with van der Waals surface area (Å²) in [6, 6.07) is 5.72. The van der Waals surface area contributed by atoms with Crippen molar-refractivity contribution in [2.75, 3.05) is 7.11 Å². The molecule has 0 aliphatic heterocycles. The van der Waals surface area contributed by atoms with Crippen LogP contribution in [0, 0.1) is 0 Å². The van der Waals surface area contributed by atoms with Gasteiger partial charge >= 0.3 is 0 Å². The van der Waals surface area contributed by atoms with E-state index in [1.54, 1.807) is 19.4 Å². The zero-order chi connectivity index (χ0) is 14.7. The third-order valence-corrected chi connectivity index (χ3v) is 3.21. The molecule has 0 atom stereocenters. The minimum atomic E-state index is 0.416. The van der Waals surface area contributed by atoms with Gasteiger partial charge in [0.05, 0.1) is 30.6 Å². The van der Waals surface area contributed by atoms with E-state index in [0.29, 0.717) is 18.2 Å². The first-order valence-corrected chi connectivity index (χ1v) is 6.50. The number of H-pyrrole nitrogens is 1. The van der Waals surface area contributed by atoms with Gasteiger partial charge in [0.15, 0.2) is 12.0 Å². The highest BCUT2D eigenvalue weighted by atomic mass is 16.5. The molecular weight excluding hydrogens is 268 g/mol. The molecule has 0 fully saturated rings. The Morgan fingerprint density at radius 3 is 3.14 bits per heavy atom. The lowest BCUT2D eigenvalue weighted by molar-refractivity contribution is -0.510. The highest BCUT2D eigenvalue weighted by molar-refractivity contribution is 5.79. The van der Waals surface area contributed by atoms with Crippen molar-refractivity contribution in [3.63, 3.8) is 0 Å². The van der Waals surface area contributed by atoms with Gasteiger partial charge < -0.3 is 9.47 Å². The monoisotopic (exact) mass is 284 g/mol. The summed E-state index contributed by atoms with van der Waals surface area (Å²) in [5.74, 6) is 1.12. The molecule has 0 amide bonds. The molecule has 6 nitrogen and oxygen atoms in total. The van der Waals surface area contributed by atoms with Gasteiger partial charge in [0.2, 0.25) is 5.88 Å². The van der Waals surface area contributed by atoms with E-state index in [1.807, 2.05) is 35.1 Å². The largest absolute Gasteiger partial charge is 0.486 e. The first-order chi connectivity index (χ1) is 10.3. The summed E-state index contributed by atoms with van der Waals surface area (Å²) in [7, 11) is 1.56. The summed E-state index contributed by atoms with van der Waals surface area (Å²) in [5.41, 5.74) is 2.78. The standard InChI is InChI=1S/C15H14N4O2/c1-20-14-7-12(8-16)13(9-18-14)21-10-11-3-2-5-19-6-4-17-15(11)19/h2-9,16H,10H2,1H3/p+2. The number of hydrogen-bond donors (Lipinski definition) is 2. The van der Waals surface area contributed by atoms with E-state index < -0.39 is 0 Å². The van der Waals surface area contributed by atoms with Crippen molar-refractivity contribution in [2.45, 2.75) is 6.61 Å². The van der Waals surface area contributed by atoms with E-state index in [4.69, 9.17) is 14.9 Å². The van der Waals surface area contributed by atoms with E-state index in [-0.39, 0.29) is 0 Å². The second-order valence-electron chi connectivity index (χ2n) is 4.47. The third-order valence-electron chi connectivity index (χ3n) is 3.21. The highest BCUT2D eigenvalue weighted by Gasteiger charge is 2.11. The number of pyridine rings is 2. The van der Waals surface area contributed by atoms with Gasteiger partial charge in [-0.2, -0.15) is 0 Å². The number of aromatic amines is 1. The van der Waals surface area contributed by atoms with E-state index in [0.717, 1.165) is 16.8 Å². The van der Waals surface area contributed by atoms with Crippen LogP contribution in [-0.2, 0) is 6.61 Å². The van der Waals surface area contributed by atoms with E-state index in [2.05, 4.69) is 9.97 Å². The Balaban J connectivity index is 1.84. The molecule has 3 heterocycles. The number of ether oxygens (including phenoxy) is 2. The minimum Gasteiger partial charge on any atom is -0.486 e. The lowest BCUT2D eigenvalue weighted by atomic mass is 10.2. The maximum atomic E-state index is 5.83. The van der Waals surface area contributed by atoms with Crippen LogP contribution in [0.25, 0.3) is 5.65 Å². The van der Waals surface area contributed by atoms with Gasteiger partial charge in [-0.15, -0.1) is 0 Å². The number of rotatable bonds is 5. The molecule has 6 heteroatoms. The average molecular weight is 284 g/mol. The van der Waals surface area contributed by atoms with E-state index in [1.165, 1.54) is 6.21 Å². The maximum Gasteiger partial charge on any atom is 0.290 e. The maximum absolute atomic E-state index is 5.83. The Morgan fingerprint density at radius 2 is 2.33 bits per heavy atom. The number of aromatic nitrogens is 3. The summed E-state index contributed by atoms with van der Waals surface area (Å²) in [6.07, 6.45) is 8.89. The van der Waals surface area contributed by atoms with Gasteiger partial charge in [0.25, 0.3) is 5.65 Å². The van der Waals surface area contributed by atoms with E-state index >= 15 is 0 Å². The van der Waals surface area contributed by atoms with Crippen molar-refractivity contribution in [1.29, 1.82) is 0 Å². The van der Waals surface area contributed by atoms with Gasteiger partial charge in [-0.1, -0.05) is 0 Å². The number of methoxy groups -OCH3 is 1. The Kier molecular flexibility index (Phi) is 3.51. The number of nitrogens with zero attached hydrogens (tertiary/aromatic N) is 2. The predicted molar refractivity (Wildman–Crippen MR) is 76.2 cm³/mol. The first-order valence-electron chi connectivity index (χ1n) is 6.50. The summed E-state index contributed by atoms with van der Waals surface area (Å²) >= 11 is 0. The quantitative estimate of drug-likeness (QED) is 0.508. The molecule has 0 saturated heterocycles. The smallest absolute Gasteiger partial charge is 0.290 e. The van der Waals surface area contributed by atoms with E-state index in [9.17, 15) is 0 Å². The fraction of sp³-hybridized carbons (Fsp3) is 0.133. The molecular formula is C15H16N4O2+2. The zero-order valence-electron chi connectivity index (χ0n) is 11.6. The molecule has 106 valence electrons. The van der Waals surface area contributed by atoms with Gasteiger partial charge in [-0.3, -0.25) is 5.41 Å². The molecule has 0 bridgehead atoms. The van der Waals surface area contributed by atoms with Crippen LogP contribution in [0.15, 0.2) is 43.0 Å². The Hall–Kier alpha value is -2.89. The third kappa shape index (κ3) is 2.55. The van der Waals surface area contributed by atoms with Crippen LogP contribution in [-0.4, -0.2) is 23.3 Å². The van der Waals surface area contributed by atoms with Gasteiger partial charge in [-0.05, 0) is 12.1 Å². The Bertz CT molecular complexity index is 782. The molecule has 0 aromatic carbocycles. The van der Waals surface area contributed by atoms with Gasteiger partial charge in [0.1, 0.15) is 19.0 Å². The number of nitrogens with one attached hydrogen (secondary N) is 1. The average Bonchev–Trinajstić information content (AvgIpc) is 3.01. The SMILES string of the molecule is COc1cc(C=[NH2+])c(OCc2ccc[n+]3cc[nH]c23)cn1. The molecule has 0 unspecified atom stereocenters. The normalized spacial score (nSPS) is 10.5. The number of imidazole rings is 1. The second-order valence-corrected chi connectivity index (χ2v) is 4.47. The Morgan fingerprint density at radius 1 is 1.43 bits per heavy atom. The summed E-state index contributed by atoms with van der Waals surface area (Å²) in [4.78, 5) is 7.32. The molecule has 0 saturated carbocycles.